The van der Waals surface area contributed by atoms with Gasteiger partial charge in [-0.25, -0.2) is 15.0 Å². The molecule has 0 radical (unpaired) electrons. The first-order chi connectivity index (χ1) is 25.2. The van der Waals surface area contributed by atoms with Gasteiger partial charge in [0.1, 0.15) is 11.2 Å². The van der Waals surface area contributed by atoms with E-state index in [9.17, 15) is 0 Å². The first-order valence-corrected chi connectivity index (χ1v) is 17.0. The van der Waals surface area contributed by atoms with Crippen LogP contribution in [0.2, 0.25) is 0 Å². The summed E-state index contributed by atoms with van der Waals surface area (Å²) in [4.78, 5) is 20.0. The van der Waals surface area contributed by atoms with Crippen molar-refractivity contribution in [2.75, 3.05) is 0 Å². The van der Waals surface area contributed by atoms with Crippen LogP contribution >= 0.6 is 0 Å². The summed E-state index contributed by atoms with van der Waals surface area (Å²) in [6.45, 7) is 0. The molecule has 3 aromatic heterocycles. The van der Waals surface area contributed by atoms with Crippen molar-refractivity contribution in [1.29, 1.82) is 0 Å². The van der Waals surface area contributed by atoms with Crippen LogP contribution < -0.4 is 0 Å². The van der Waals surface area contributed by atoms with Crippen molar-refractivity contribution >= 4 is 43.6 Å². The summed E-state index contributed by atoms with van der Waals surface area (Å²) in [5.74, 6) is 1.79. The van der Waals surface area contributed by atoms with Gasteiger partial charge in [0.25, 0.3) is 0 Å². The molecule has 51 heavy (non-hydrogen) atoms. The molecule has 0 amide bonds. The van der Waals surface area contributed by atoms with Gasteiger partial charge in [-0.3, -0.25) is 4.98 Å². The molecule has 0 saturated heterocycles. The van der Waals surface area contributed by atoms with Crippen LogP contribution in [0.5, 0.6) is 0 Å². The van der Waals surface area contributed by atoms with E-state index in [-0.39, 0.29) is 0 Å². The summed E-state index contributed by atoms with van der Waals surface area (Å²) in [5.41, 5.74) is 9.56. The SMILES string of the molecule is c1ccc(-c2ccc(-c3ccc(-c4nc(-c5ccccc5)nc(-c5ccc6ccccc6c5)n4)c4c3oc3cc5cccnc5cc34)cc2)cc1. The van der Waals surface area contributed by atoms with Crippen molar-refractivity contribution in [3.63, 3.8) is 0 Å². The van der Waals surface area contributed by atoms with Crippen LogP contribution in [-0.2, 0) is 0 Å². The highest BCUT2D eigenvalue weighted by Gasteiger charge is 2.21. The Bertz CT molecular complexity index is 2900. The molecule has 5 heteroatoms. The van der Waals surface area contributed by atoms with E-state index < -0.39 is 0 Å². The van der Waals surface area contributed by atoms with Crippen LogP contribution in [0.15, 0.2) is 174 Å². The van der Waals surface area contributed by atoms with E-state index in [4.69, 9.17) is 19.4 Å². The van der Waals surface area contributed by atoms with E-state index in [2.05, 4.69) is 126 Å². The maximum absolute atomic E-state index is 6.80. The minimum absolute atomic E-state index is 0.576. The van der Waals surface area contributed by atoms with Gasteiger partial charge >= 0.3 is 0 Å². The van der Waals surface area contributed by atoms with Crippen LogP contribution in [0.25, 0.3) is 100 Å². The third kappa shape index (κ3) is 5.11. The van der Waals surface area contributed by atoms with Crippen molar-refractivity contribution in [3.8, 4) is 56.4 Å². The summed E-state index contributed by atoms with van der Waals surface area (Å²) in [6.07, 6.45) is 1.82. The first kappa shape index (κ1) is 29.0. The van der Waals surface area contributed by atoms with Gasteiger partial charge in [0.05, 0.1) is 5.52 Å². The molecule has 0 aliphatic heterocycles. The fraction of sp³-hybridized carbons (Fsp3) is 0. The molecule has 0 unspecified atom stereocenters. The standard InChI is InChI=1S/C46H28N4O/c1-3-10-29(11-4-1)31-17-20-32(21-18-31)37-23-24-38(42-39-28-40-35(16-9-25-47-40)27-41(39)51-43(37)42)46-49-44(33-13-5-2-6-14-33)48-45(50-46)36-22-19-30-12-7-8-15-34(30)26-36/h1-28H. The van der Waals surface area contributed by atoms with E-state index in [1.165, 1.54) is 10.9 Å². The van der Waals surface area contributed by atoms with E-state index in [1.807, 2.05) is 48.7 Å². The number of pyridine rings is 1. The number of hydrogen-bond donors (Lipinski definition) is 0. The highest BCUT2D eigenvalue weighted by molar-refractivity contribution is 6.18. The Morgan fingerprint density at radius 2 is 1.00 bits per heavy atom. The van der Waals surface area contributed by atoms with Crippen molar-refractivity contribution in [1.82, 2.24) is 19.9 Å². The van der Waals surface area contributed by atoms with Crippen molar-refractivity contribution in [2.45, 2.75) is 0 Å². The number of rotatable bonds is 5. The van der Waals surface area contributed by atoms with Crippen LogP contribution in [-0.4, -0.2) is 19.9 Å². The summed E-state index contributed by atoms with van der Waals surface area (Å²) >= 11 is 0. The lowest BCUT2D eigenvalue weighted by atomic mass is 9.96. The van der Waals surface area contributed by atoms with Gasteiger partial charge in [0, 0.05) is 44.6 Å². The lowest BCUT2D eigenvalue weighted by Gasteiger charge is -2.11. The first-order valence-electron chi connectivity index (χ1n) is 17.0. The molecule has 0 saturated carbocycles. The second-order valence-electron chi connectivity index (χ2n) is 12.7. The van der Waals surface area contributed by atoms with Gasteiger partial charge < -0.3 is 4.42 Å². The molecule has 0 atom stereocenters. The highest BCUT2D eigenvalue weighted by atomic mass is 16.3. The van der Waals surface area contributed by atoms with Crippen molar-refractivity contribution in [2.24, 2.45) is 0 Å². The number of benzene rings is 7. The molecule has 0 aliphatic rings. The third-order valence-electron chi connectivity index (χ3n) is 9.56. The Labute approximate surface area is 293 Å². The predicted octanol–water partition coefficient (Wildman–Crippen LogP) is 11.8. The summed E-state index contributed by atoms with van der Waals surface area (Å²) in [7, 11) is 0. The average molecular weight is 653 g/mol. The topological polar surface area (TPSA) is 64.7 Å². The molecular formula is C46H28N4O. The largest absolute Gasteiger partial charge is 0.455 e. The zero-order valence-corrected chi connectivity index (χ0v) is 27.4. The molecule has 0 bridgehead atoms. The quantitative estimate of drug-likeness (QED) is 0.185. The molecule has 0 spiro atoms. The number of fused-ring (bicyclic) bond motifs is 5. The zero-order chi connectivity index (χ0) is 33.7. The number of nitrogens with zero attached hydrogens (tertiary/aromatic N) is 4. The molecule has 10 rings (SSSR count). The predicted molar refractivity (Wildman–Crippen MR) is 207 cm³/mol. The zero-order valence-electron chi connectivity index (χ0n) is 27.4. The molecule has 0 aliphatic carbocycles. The Kier molecular flexibility index (Phi) is 6.74. The van der Waals surface area contributed by atoms with Gasteiger partial charge in [-0.15, -0.1) is 0 Å². The maximum atomic E-state index is 6.80. The summed E-state index contributed by atoms with van der Waals surface area (Å²) in [5, 5.41) is 5.21. The Hall–Kier alpha value is -6.98. The van der Waals surface area contributed by atoms with E-state index >= 15 is 0 Å². The maximum Gasteiger partial charge on any atom is 0.164 e. The molecule has 0 fully saturated rings. The minimum atomic E-state index is 0.576. The number of aromatic nitrogens is 4. The lowest BCUT2D eigenvalue weighted by molar-refractivity contribution is 0.670. The Balaban J connectivity index is 1.22. The van der Waals surface area contributed by atoms with Gasteiger partial charge in [-0.05, 0) is 63.9 Å². The van der Waals surface area contributed by atoms with Crippen LogP contribution in [0.1, 0.15) is 0 Å². The Morgan fingerprint density at radius 1 is 0.392 bits per heavy atom. The molecule has 238 valence electrons. The number of hydrogen-bond acceptors (Lipinski definition) is 5. The molecule has 10 aromatic rings. The monoisotopic (exact) mass is 652 g/mol. The van der Waals surface area contributed by atoms with Crippen molar-refractivity contribution in [3.05, 3.63) is 170 Å². The van der Waals surface area contributed by atoms with Gasteiger partial charge in [0.15, 0.2) is 17.5 Å². The summed E-state index contributed by atoms with van der Waals surface area (Å²) in [6, 6.07) is 56.3. The summed E-state index contributed by atoms with van der Waals surface area (Å²) < 4.78 is 6.80. The van der Waals surface area contributed by atoms with E-state index in [0.717, 1.165) is 71.6 Å². The van der Waals surface area contributed by atoms with Crippen molar-refractivity contribution < 1.29 is 4.42 Å². The van der Waals surface area contributed by atoms with Crippen LogP contribution in [0, 0.1) is 0 Å². The average Bonchev–Trinajstić information content (AvgIpc) is 3.58. The van der Waals surface area contributed by atoms with Gasteiger partial charge in [-0.2, -0.15) is 0 Å². The smallest absolute Gasteiger partial charge is 0.164 e. The molecule has 5 nitrogen and oxygen atoms in total. The second-order valence-corrected chi connectivity index (χ2v) is 12.7. The van der Waals surface area contributed by atoms with E-state index in [1.54, 1.807) is 0 Å². The van der Waals surface area contributed by atoms with Crippen LogP contribution in [0.4, 0.5) is 0 Å². The van der Waals surface area contributed by atoms with Gasteiger partial charge in [0.2, 0.25) is 0 Å². The fourth-order valence-corrected chi connectivity index (χ4v) is 7.00. The normalized spacial score (nSPS) is 11.5. The minimum Gasteiger partial charge on any atom is -0.455 e. The third-order valence-corrected chi connectivity index (χ3v) is 9.56. The molecular weight excluding hydrogens is 625 g/mol. The highest BCUT2D eigenvalue weighted by Crippen LogP contribution is 2.43. The fourth-order valence-electron chi connectivity index (χ4n) is 7.00. The van der Waals surface area contributed by atoms with Gasteiger partial charge in [-0.1, -0.05) is 127 Å². The number of furan rings is 1. The Morgan fingerprint density at radius 3 is 1.80 bits per heavy atom. The lowest BCUT2D eigenvalue weighted by Crippen LogP contribution is -2.00. The second kappa shape index (κ2) is 11.9. The molecule has 7 aromatic carbocycles. The van der Waals surface area contributed by atoms with E-state index in [0.29, 0.717) is 17.5 Å². The molecule has 0 N–H and O–H groups in total. The molecule has 3 heterocycles. The van der Waals surface area contributed by atoms with Crippen LogP contribution in [0.3, 0.4) is 0 Å².